The fourth-order valence-electron chi connectivity index (χ4n) is 10.5. The van der Waals surface area contributed by atoms with Gasteiger partial charge in [-0.2, -0.15) is 0 Å². The lowest BCUT2D eigenvalue weighted by molar-refractivity contribution is 0.660. The Bertz CT molecular complexity index is 3690. The average Bonchev–Trinajstić information content (AvgIpc) is 3.92. The molecule has 59 heavy (non-hydrogen) atoms. The molecule has 0 N–H and O–H groups in total. The van der Waals surface area contributed by atoms with E-state index in [2.05, 4.69) is 184 Å². The van der Waals surface area contributed by atoms with E-state index in [0.717, 1.165) is 60.2 Å². The van der Waals surface area contributed by atoms with Crippen molar-refractivity contribution >= 4 is 76.2 Å². The van der Waals surface area contributed by atoms with Gasteiger partial charge in [-0.1, -0.05) is 153 Å². The Morgan fingerprint density at radius 3 is 1.71 bits per heavy atom. The maximum Gasteiger partial charge on any atom is 0.144 e. The maximum atomic E-state index is 6.64. The first-order chi connectivity index (χ1) is 29.0. The van der Waals surface area contributed by atoms with Crippen LogP contribution < -0.4 is 0 Å². The Balaban J connectivity index is 0.949. The monoisotopic (exact) mass is 752 g/mol. The first kappa shape index (κ1) is 32.6. The van der Waals surface area contributed by atoms with Crippen LogP contribution in [-0.4, -0.2) is 0 Å². The van der Waals surface area contributed by atoms with E-state index in [1.165, 1.54) is 71.6 Å². The molecular formula is C57H36O2. The summed E-state index contributed by atoms with van der Waals surface area (Å²) in [6, 6.07) is 66.5. The predicted molar refractivity (Wildman–Crippen MR) is 247 cm³/mol. The van der Waals surface area contributed by atoms with E-state index < -0.39 is 0 Å². The van der Waals surface area contributed by atoms with Crippen LogP contribution in [0.2, 0.25) is 0 Å². The van der Waals surface area contributed by atoms with Crippen molar-refractivity contribution in [3.05, 3.63) is 193 Å². The van der Waals surface area contributed by atoms with Crippen molar-refractivity contribution in [1.82, 2.24) is 0 Å². The number of para-hydroxylation sites is 1. The van der Waals surface area contributed by atoms with Gasteiger partial charge in [-0.25, -0.2) is 0 Å². The third-order valence-corrected chi connectivity index (χ3v) is 13.3. The second-order valence-corrected chi connectivity index (χ2v) is 16.7. The van der Waals surface area contributed by atoms with Crippen LogP contribution in [-0.2, 0) is 5.41 Å². The van der Waals surface area contributed by atoms with Crippen molar-refractivity contribution < 1.29 is 8.83 Å². The Labute approximate surface area is 340 Å². The molecular weight excluding hydrogens is 717 g/mol. The number of furan rings is 2. The van der Waals surface area contributed by atoms with Gasteiger partial charge in [0.1, 0.15) is 22.3 Å². The SMILES string of the molecule is CC1(C)c2ccc(-c3c4ccccc4c(-c4ccccc4)c4ccccc34)cc2-c2ccc(-c3ccc4c(c3)oc3ccc5ccc6c7ccccc7oc6c5c34)cc21. The Morgan fingerprint density at radius 2 is 0.949 bits per heavy atom. The molecule has 2 heteroatoms. The van der Waals surface area contributed by atoms with Crippen molar-refractivity contribution in [2.75, 3.05) is 0 Å². The molecule has 2 nitrogen and oxygen atoms in total. The molecule has 0 bridgehead atoms. The molecule has 0 amide bonds. The largest absolute Gasteiger partial charge is 0.456 e. The Kier molecular flexibility index (Phi) is 6.54. The summed E-state index contributed by atoms with van der Waals surface area (Å²) in [5.74, 6) is 0. The van der Waals surface area contributed by atoms with Gasteiger partial charge in [-0.3, -0.25) is 0 Å². The highest BCUT2D eigenvalue weighted by molar-refractivity contribution is 6.28. The number of fused-ring (bicyclic) bond motifs is 14. The quantitative estimate of drug-likeness (QED) is 0.168. The van der Waals surface area contributed by atoms with Gasteiger partial charge in [0, 0.05) is 32.3 Å². The molecule has 2 heterocycles. The third kappa shape index (κ3) is 4.52. The molecule has 0 unspecified atom stereocenters. The molecule has 0 aliphatic heterocycles. The fraction of sp³-hybridized carbons (Fsp3) is 0.0526. The molecule has 0 saturated carbocycles. The molecule has 0 spiro atoms. The topological polar surface area (TPSA) is 26.3 Å². The van der Waals surface area contributed by atoms with E-state index >= 15 is 0 Å². The van der Waals surface area contributed by atoms with E-state index in [4.69, 9.17) is 8.83 Å². The summed E-state index contributed by atoms with van der Waals surface area (Å²) in [6.45, 7) is 4.74. The average molecular weight is 753 g/mol. The molecule has 2 aromatic heterocycles. The standard InChI is InChI=1S/C57H36O2/c1-57(2)47-28-23-37(53-42-17-8-6-15-40(42)52(33-12-4-3-5-13-33)41-16-7-9-18-43(41)53)30-46(47)38-25-21-35(31-48(38)57)36-22-27-45-51(32-36)58-50-29-24-34-20-26-44-39-14-10-11-19-49(39)59-56(44)54(34)55(45)50/h3-32H,1-2H3. The number of benzene rings is 10. The van der Waals surface area contributed by atoms with Crippen LogP contribution >= 0.6 is 0 Å². The van der Waals surface area contributed by atoms with Crippen molar-refractivity contribution in [3.63, 3.8) is 0 Å². The van der Waals surface area contributed by atoms with Crippen molar-refractivity contribution in [3.8, 4) is 44.5 Å². The molecule has 0 atom stereocenters. The zero-order chi connectivity index (χ0) is 39.0. The fourth-order valence-corrected chi connectivity index (χ4v) is 10.5. The number of hydrogen-bond acceptors (Lipinski definition) is 2. The molecule has 13 rings (SSSR count). The van der Waals surface area contributed by atoms with Gasteiger partial charge >= 0.3 is 0 Å². The highest BCUT2D eigenvalue weighted by Gasteiger charge is 2.36. The molecule has 12 aromatic rings. The smallest absolute Gasteiger partial charge is 0.144 e. The summed E-state index contributed by atoms with van der Waals surface area (Å²) in [6.07, 6.45) is 0. The van der Waals surface area contributed by atoms with Crippen LogP contribution in [0, 0.1) is 0 Å². The summed E-state index contributed by atoms with van der Waals surface area (Å²) < 4.78 is 13.2. The van der Waals surface area contributed by atoms with Crippen LogP contribution in [0.1, 0.15) is 25.0 Å². The lowest BCUT2D eigenvalue weighted by Gasteiger charge is -2.22. The lowest BCUT2D eigenvalue weighted by Crippen LogP contribution is -2.15. The van der Waals surface area contributed by atoms with Gasteiger partial charge in [-0.05, 0) is 125 Å². The second-order valence-electron chi connectivity index (χ2n) is 16.7. The number of hydrogen-bond donors (Lipinski definition) is 0. The molecule has 0 saturated heterocycles. The minimum atomic E-state index is -0.166. The van der Waals surface area contributed by atoms with Crippen molar-refractivity contribution in [2.45, 2.75) is 19.3 Å². The number of rotatable bonds is 3. The Hall–Kier alpha value is -7.42. The highest BCUT2D eigenvalue weighted by Crippen LogP contribution is 2.52. The highest BCUT2D eigenvalue weighted by atomic mass is 16.3. The van der Waals surface area contributed by atoms with Crippen LogP contribution in [0.15, 0.2) is 191 Å². The van der Waals surface area contributed by atoms with Gasteiger partial charge in [0.2, 0.25) is 0 Å². The van der Waals surface area contributed by atoms with Crippen LogP contribution in [0.5, 0.6) is 0 Å². The summed E-state index contributed by atoms with van der Waals surface area (Å²) in [5, 5.41) is 11.8. The summed E-state index contributed by atoms with van der Waals surface area (Å²) in [4.78, 5) is 0. The van der Waals surface area contributed by atoms with E-state index in [0.29, 0.717) is 0 Å². The summed E-state index contributed by atoms with van der Waals surface area (Å²) in [5.41, 5.74) is 16.1. The van der Waals surface area contributed by atoms with Crippen molar-refractivity contribution in [2.24, 2.45) is 0 Å². The first-order valence-corrected chi connectivity index (χ1v) is 20.5. The zero-order valence-electron chi connectivity index (χ0n) is 32.6. The molecule has 1 aliphatic carbocycles. The first-order valence-electron chi connectivity index (χ1n) is 20.5. The van der Waals surface area contributed by atoms with Gasteiger partial charge in [0.05, 0.1) is 0 Å². The van der Waals surface area contributed by atoms with E-state index in [9.17, 15) is 0 Å². The summed E-state index contributed by atoms with van der Waals surface area (Å²) in [7, 11) is 0. The Morgan fingerprint density at radius 1 is 0.339 bits per heavy atom. The van der Waals surface area contributed by atoms with Crippen LogP contribution in [0.4, 0.5) is 0 Å². The minimum Gasteiger partial charge on any atom is -0.456 e. The van der Waals surface area contributed by atoms with Gasteiger partial charge in [0.15, 0.2) is 0 Å². The summed E-state index contributed by atoms with van der Waals surface area (Å²) >= 11 is 0. The van der Waals surface area contributed by atoms with E-state index in [1.807, 2.05) is 12.1 Å². The molecule has 10 aromatic carbocycles. The molecule has 0 radical (unpaired) electrons. The third-order valence-electron chi connectivity index (χ3n) is 13.3. The molecule has 0 fully saturated rings. The van der Waals surface area contributed by atoms with Gasteiger partial charge in [0.25, 0.3) is 0 Å². The van der Waals surface area contributed by atoms with Crippen LogP contribution in [0.3, 0.4) is 0 Å². The van der Waals surface area contributed by atoms with E-state index in [-0.39, 0.29) is 5.41 Å². The predicted octanol–water partition coefficient (Wildman–Crippen LogP) is 16.3. The zero-order valence-corrected chi connectivity index (χ0v) is 32.6. The van der Waals surface area contributed by atoms with Gasteiger partial charge < -0.3 is 8.83 Å². The minimum absolute atomic E-state index is 0.166. The maximum absolute atomic E-state index is 6.64. The van der Waals surface area contributed by atoms with Gasteiger partial charge in [-0.15, -0.1) is 0 Å². The van der Waals surface area contributed by atoms with Crippen molar-refractivity contribution in [1.29, 1.82) is 0 Å². The molecule has 276 valence electrons. The second kappa shape index (κ2) is 11.8. The lowest BCUT2D eigenvalue weighted by atomic mass is 9.81. The van der Waals surface area contributed by atoms with E-state index in [1.54, 1.807) is 0 Å². The van der Waals surface area contributed by atoms with Crippen LogP contribution in [0.25, 0.3) is 121 Å². The molecule has 1 aliphatic rings. The normalized spacial score (nSPS) is 13.4.